The fourth-order valence-electron chi connectivity index (χ4n) is 3.69. The highest BCUT2D eigenvalue weighted by molar-refractivity contribution is 6.06. The Kier molecular flexibility index (Phi) is 3.04. The van der Waals surface area contributed by atoms with E-state index >= 15 is 0 Å². The van der Waals surface area contributed by atoms with E-state index in [2.05, 4.69) is 23.2 Å². The van der Waals surface area contributed by atoms with Crippen molar-refractivity contribution in [3.8, 4) is 0 Å². The molecular weight excluding hydrogens is 250 g/mol. The molecule has 1 aliphatic carbocycles. The number of carbonyl (C=O) groups excluding carboxylic acids is 1. The van der Waals surface area contributed by atoms with Gasteiger partial charge in [0, 0.05) is 6.04 Å². The Morgan fingerprint density at radius 1 is 1.30 bits per heavy atom. The standard InChI is InChI=1S/C16H21N3O/c1-11(2)19-15(20)18-14(17)16(19)10-6-5-8-12-7-3-4-9-13(12)16/h3-4,7,9,11H,5-6,8,10H2,1-2H3,(H2,17,18,20). The van der Waals surface area contributed by atoms with Gasteiger partial charge in [0.25, 0.3) is 0 Å². The fraction of sp³-hybridized carbons (Fsp3) is 0.500. The molecule has 1 aliphatic heterocycles. The molecule has 2 amide bonds. The molecule has 0 aromatic heterocycles. The minimum absolute atomic E-state index is 0.0819. The largest absolute Gasteiger partial charge is 0.385 e. The highest BCUT2D eigenvalue weighted by Crippen LogP contribution is 2.43. The molecular formula is C16H21N3O. The molecule has 1 heterocycles. The number of nitrogens with two attached hydrogens (primary N) is 1. The molecule has 2 aliphatic rings. The van der Waals surface area contributed by atoms with Crippen LogP contribution >= 0.6 is 0 Å². The van der Waals surface area contributed by atoms with Gasteiger partial charge >= 0.3 is 6.03 Å². The quantitative estimate of drug-likeness (QED) is 0.853. The lowest BCUT2D eigenvalue weighted by Gasteiger charge is -2.41. The lowest BCUT2D eigenvalue weighted by atomic mass is 9.82. The van der Waals surface area contributed by atoms with Crippen molar-refractivity contribution < 1.29 is 4.79 Å². The highest BCUT2D eigenvalue weighted by atomic mass is 16.2. The zero-order valence-electron chi connectivity index (χ0n) is 12.1. The van der Waals surface area contributed by atoms with E-state index in [9.17, 15) is 4.79 Å². The SMILES string of the molecule is CC(C)N1C(=O)N=C(N)C12CCCCc1ccccc12. The Balaban J connectivity index is 2.24. The maximum absolute atomic E-state index is 12.3. The normalized spacial score (nSPS) is 25.9. The van der Waals surface area contributed by atoms with Crippen LogP contribution in [0.5, 0.6) is 0 Å². The van der Waals surface area contributed by atoms with Crippen molar-refractivity contribution in [1.29, 1.82) is 0 Å². The van der Waals surface area contributed by atoms with Gasteiger partial charge in [0.1, 0.15) is 11.4 Å². The van der Waals surface area contributed by atoms with E-state index in [1.54, 1.807) is 0 Å². The van der Waals surface area contributed by atoms with Gasteiger partial charge in [-0.3, -0.25) is 0 Å². The van der Waals surface area contributed by atoms with E-state index in [0.29, 0.717) is 5.84 Å². The molecule has 1 aromatic rings. The van der Waals surface area contributed by atoms with Crippen LogP contribution in [-0.2, 0) is 12.0 Å². The molecule has 0 radical (unpaired) electrons. The summed E-state index contributed by atoms with van der Waals surface area (Å²) >= 11 is 0. The van der Waals surface area contributed by atoms with Crippen LogP contribution in [0, 0.1) is 0 Å². The number of carbonyl (C=O) groups is 1. The first-order valence-corrected chi connectivity index (χ1v) is 7.33. The lowest BCUT2D eigenvalue weighted by molar-refractivity contribution is 0.139. The number of hydrogen-bond donors (Lipinski definition) is 1. The molecule has 106 valence electrons. The Hall–Kier alpha value is -1.84. The van der Waals surface area contributed by atoms with E-state index in [1.165, 1.54) is 11.1 Å². The van der Waals surface area contributed by atoms with Gasteiger partial charge in [-0.1, -0.05) is 24.3 Å². The number of aryl methyl sites for hydroxylation is 1. The maximum Gasteiger partial charge on any atom is 0.346 e. The van der Waals surface area contributed by atoms with Gasteiger partial charge in [-0.25, -0.2) is 4.79 Å². The topological polar surface area (TPSA) is 58.7 Å². The van der Waals surface area contributed by atoms with E-state index in [0.717, 1.165) is 25.7 Å². The van der Waals surface area contributed by atoms with Crippen molar-refractivity contribution in [2.75, 3.05) is 0 Å². The van der Waals surface area contributed by atoms with Crippen molar-refractivity contribution in [3.05, 3.63) is 35.4 Å². The van der Waals surface area contributed by atoms with Crippen LogP contribution < -0.4 is 5.73 Å². The highest BCUT2D eigenvalue weighted by Gasteiger charge is 2.51. The number of aliphatic imine (C=N–C) groups is 1. The number of benzene rings is 1. The van der Waals surface area contributed by atoms with Crippen LogP contribution in [0.15, 0.2) is 29.3 Å². The predicted octanol–water partition coefficient (Wildman–Crippen LogP) is 2.81. The summed E-state index contributed by atoms with van der Waals surface area (Å²) in [4.78, 5) is 18.2. The fourth-order valence-corrected chi connectivity index (χ4v) is 3.69. The maximum atomic E-state index is 12.3. The molecule has 2 N–H and O–H groups in total. The van der Waals surface area contributed by atoms with E-state index < -0.39 is 5.54 Å². The first-order valence-electron chi connectivity index (χ1n) is 7.33. The third-order valence-corrected chi connectivity index (χ3v) is 4.47. The Morgan fingerprint density at radius 2 is 2.05 bits per heavy atom. The molecule has 0 bridgehead atoms. The molecule has 1 aromatic carbocycles. The molecule has 1 spiro atoms. The Bertz CT molecular complexity index is 579. The van der Waals surface area contributed by atoms with Crippen LogP contribution in [0.25, 0.3) is 0 Å². The smallest absolute Gasteiger partial charge is 0.346 e. The van der Waals surface area contributed by atoms with E-state index in [-0.39, 0.29) is 12.1 Å². The minimum Gasteiger partial charge on any atom is -0.385 e. The first-order chi connectivity index (χ1) is 9.57. The van der Waals surface area contributed by atoms with Crippen LogP contribution in [0.1, 0.15) is 44.2 Å². The molecule has 3 rings (SSSR count). The second-order valence-electron chi connectivity index (χ2n) is 5.97. The van der Waals surface area contributed by atoms with Crippen LogP contribution in [0.3, 0.4) is 0 Å². The zero-order valence-corrected chi connectivity index (χ0v) is 12.1. The van der Waals surface area contributed by atoms with Gasteiger partial charge in [0.05, 0.1) is 0 Å². The summed E-state index contributed by atoms with van der Waals surface area (Å²) in [7, 11) is 0. The molecule has 4 nitrogen and oxygen atoms in total. The zero-order chi connectivity index (χ0) is 14.3. The van der Waals surface area contributed by atoms with Gasteiger partial charge < -0.3 is 10.6 Å². The molecule has 1 atom stereocenters. The van der Waals surface area contributed by atoms with Gasteiger partial charge in [0.2, 0.25) is 0 Å². The van der Waals surface area contributed by atoms with Crippen molar-refractivity contribution in [3.63, 3.8) is 0 Å². The number of nitrogens with zero attached hydrogens (tertiary/aromatic N) is 2. The second-order valence-corrected chi connectivity index (χ2v) is 5.97. The molecule has 0 fully saturated rings. The summed E-state index contributed by atoms with van der Waals surface area (Å²) in [5.74, 6) is 0.463. The third kappa shape index (κ3) is 1.67. The summed E-state index contributed by atoms with van der Waals surface area (Å²) in [5.41, 5.74) is 8.17. The second kappa shape index (κ2) is 4.62. The molecule has 1 unspecified atom stereocenters. The monoisotopic (exact) mass is 271 g/mol. The number of urea groups is 1. The van der Waals surface area contributed by atoms with Crippen LogP contribution in [0.2, 0.25) is 0 Å². The molecule has 20 heavy (non-hydrogen) atoms. The number of amidine groups is 1. The average Bonchev–Trinajstić information content (AvgIpc) is 2.57. The molecule has 0 saturated heterocycles. The van der Waals surface area contributed by atoms with Crippen molar-refractivity contribution >= 4 is 11.9 Å². The van der Waals surface area contributed by atoms with Crippen molar-refractivity contribution in [2.24, 2.45) is 10.7 Å². The lowest BCUT2D eigenvalue weighted by Crippen LogP contribution is -2.54. The summed E-state index contributed by atoms with van der Waals surface area (Å²) in [6.45, 7) is 4.06. The van der Waals surface area contributed by atoms with Gasteiger partial charge in [-0.15, -0.1) is 0 Å². The number of fused-ring (bicyclic) bond motifs is 2. The van der Waals surface area contributed by atoms with Crippen LogP contribution in [-0.4, -0.2) is 22.8 Å². The summed E-state index contributed by atoms with van der Waals surface area (Å²) in [5, 5.41) is 0. The predicted molar refractivity (Wildman–Crippen MR) is 79.7 cm³/mol. The molecule has 0 saturated carbocycles. The summed E-state index contributed by atoms with van der Waals surface area (Å²) in [6.07, 6.45) is 4.10. The molecule has 4 heteroatoms. The number of amides is 2. The number of hydrogen-bond acceptors (Lipinski definition) is 2. The Labute approximate surface area is 119 Å². The van der Waals surface area contributed by atoms with Gasteiger partial charge in [-0.05, 0) is 50.7 Å². The van der Waals surface area contributed by atoms with Crippen molar-refractivity contribution in [2.45, 2.75) is 51.1 Å². The van der Waals surface area contributed by atoms with Crippen LogP contribution in [0.4, 0.5) is 4.79 Å². The Morgan fingerprint density at radius 3 is 2.80 bits per heavy atom. The van der Waals surface area contributed by atoms with Gasteiger partial charge in [0.15, 0.2) is 0 Å². The number of rotatable bonds is 1. The van der Waals surface area contributed by atoms with Gasteiger partial charge in [-0.2, -0.15) is 4.99 Å². The average molecular weight is 271 g/mol. The van der Waals surface area contributed by atoms with Crippen molar-refractivity contribution in [1.82, 2.24) is 4.90 Å². The third-order valence-electron chi connectivity index (χ3n) is 4.47. The minimum atomic E-state index is -0.529. The van der Waals surface area contributed by atoms with E-state index in [1.807, 2.05) is 24.8 Å². The summed E-state index contributed by atoms with van der Waals surface area (Å²) < 4.78 is 0. The van der Waals surface area contributed by atoms with E-state index in [4.69, 9.17) is 5.73 Å². The summed E-state index contributed by atoms with van der Waals surface area (Å²) in [6, 6.07) is 8.23. The first kappa shape index (κ1) is 13.2.